The van der Waals surface area contributed by atoms with E-state index in [4.69, 9.17) is 11.6 Å². The van der Waals surface area contributed by atoms with E-state index in [9.17, 15) is 8.42 Å². The SMILES string of the molecule is CCS(=O)(=O)C1CSCCN1c1nc(Cl)nc2[nH]ncc12. The Morgan fingerprint density at radius 2 is 2.33 bits per heavy atom. The van der Waals surface area contributed by atoms with E-state index in [0.29, 0.717) is 29.1 Å². The molecule has 3 heterocycles. The summed E-state index contributed by atoms with van der Waals surface area (Å²) in [6.07, 6.45) is 1.60. The molecule has 1 unspecified atom stereocenters. The van der Waals surface area contributed by atoms with Crippen LogP contribution in [0.2, 0.25) is 5.28 Å². The molecule has 2 aromatic heterocycles. The van der Waals surface area contributed by atoms with Gasteiger partial charge >= 0.3 is 0 Å². The molecule has 1 atom stereocenters. The summed E-state index contributed by atoms with van der Waals surface area (Å²) >= 11 is 7.58. The smallest absolute Gasteiger partial charge is 0.226 e. The highest BCUT2D eigenvalue weighted by Crippen LogP contribution is 2.31. The van der Waals surface area contributed by atoms with E-state index in [1.54, 1.807) is 29.8 Å². The quantitative estimate of drug-likeness (QED) is 0.837. The summed E-state index contributed by atoms with van der Waals surface area (Å²) in [6, 6.07) is 0. The number of hydrogen-bond donors (Lipinski definition) is 1. The van der Waals surface area contributed by atoms with E-state index in [-0.39, 0.29) is 11.0 Å². The summed E-state index contributed by atoms with van der Waals surface area (Å²) in [5.41, 5.74) is 0.510. The van der Waals surface area contributed by atoms with Crippen molar-refractivity contribution in [1.29, 1.82) is 0 Å². The number of sulfone groups is 1. The number of thioether (sulfide) groups is 1. The van der Waals surface area contributed by atoms with E-state index in [1.165, 1.54) is 0 Å². The molecule has 0 saturated carbocycles. The maximum absolute atomic E-state index is 12.3. The molecule has 2 aromatic rings. The zero-order valence-corrected chi connectivity index (χ0v) is 13.7. The van der Waals surface area contributed by atoms with Crippen LogP contribution in [0.25, 0.3) is 11.0 Å². The van der Waals surface area contributed by atoms with Gasteiger partial charge in [0.2, 0.25) is 5.28 Å². The van der Waals surface area contributed by atoms with Gasteiger partial charge in [0.05, 0.1) is 11.6 Å². The number of H-pyrrole nitrogens is 1. The number of anilines is 1. The number of aromatic nitrogens is 4. The predicted octanol–water partition coefficient (Wildman–Crippen LogP) is 1.32. The van der Waals surface area contributed by atoms with Gasteiger partial charge in [-0.15, -0.1) is 0 Å². The lowest BCUT2D eigenvalue weighted by Gasteiger charge is -2.35. The van der Waals surface area contributed by atoms with Crippen LogP contribution in [0.4, 0.5) is 5.82 Å². The van der Waals surface area contributed by atoms with Gasteiger partial charge in [0, 0.05) is 23.8 Å². The van der Waals surface area contributed by atoms with Crippen molar-refractivity contribution >= 4 is 50.1 Å². The van der Waals surface area contributed by atoms with Crippen LogP contribution >= 0.6 is 23.4 Å². The lowest BCUT2D eigenvalue weighted by Crippen LogP contribution is -2.48. The first-order valence-electron chi connectivity index (χ1n) is 6.45. The van der Waals surface area contributed by atoms with Gasteiger partial charge in [-0.25, -0.2) is 8.42 Å². The molecule has 10 heteroatoms. The molecule has 0 aromatic carbocycles. The van der Waals surface area contributed by atoms with Gasteiger partial charge in [0.1, 0.15) is 11.2 Å². The number of rotatable bonds is 3. The number of nitrogens with one attached hydrogen (secondary N) is 1. The second-order valence-corrected chi connectivity index (χ2v) is 8.56. The van der Waals surface area contributed by atoms with E-state index in [0.717, 1.165) is 5.75 Å². The van der Waals surface area contributed by atoms with Crippen molar-refractivity contribution in [3.8, 4) is 0 Å². The minimum absolute atomic E-state index is 0.0765. The third kappa shape index (κ3) is 2.69. The zero-order valence-electron chi connectivity index (χ0n) is 11.3. The molecule has 1 N–H and O–H groups in total. The van der Waals surface area contributed by atoms with E-state index in [1.807, 2.05) is 0 Å². The second-order valence-electron chi connectivity index (χ2n) is 4.62. The second kappa shape index (κ2) is 5.62. The molecule has 0 radical (unpaired) electrons. The Morgan fingerprint density at radius 3 is 3.10 bits per heavy atom. The molecule has 1 saturated heterocycles. The largest absolute Gasteiger partial charge is 0.337 e. The van der Waals surface area contributed by atoms with Crippen molar-refractivity contribution in [2.24, 2.45) is 0 Å². The molecular formula is C11H14ClN5O2S2. The fourth-order valence-corrected chi connectivity index (χ4v) is 5.46. The van der Waals surface area contributed by atoms with Gasteiger partial charge in [0.15, 0.2) is 15.5 Å². The first kappa shape index (κ1) is 14.9. The van der Waals surface area contributed by atoms with Crippen LogP contribution in [-0.2, 0) is 9.84 Å². The van der Waals surface area contributed by atoms with Gasteiger partial charge in [0.25, 0.3) is 0 Å². The third-order valence-electron chi connectivity index (χ3n) is 3.44. The summed E-state index contributed by atoms with van der Waals surface area (Å²) in [7, 11) is -3.21. The Hall–Kier alpha value is -1.06. The molecule has 1 aliphatic heterocycles. The third-order valence-corrected chi connectivity index (χ3v) is 6.89. The van der Waals surface area contributed by atoms with Gasteiger partial charge in [-0.3, -0.25) is 5.10 Å². The summed E-state index contributed by atoms with van der Waals surface area (Å²) in [5, 5.41) is 6.85. The maximum Gasteiger partial charge on any atom is 0.226 e. The van der Waals surface area contributed by atoms with Crippen molar-refractivity contribution in [3.63, 3.8) is 0 Å². The van der Waals surface area contributed by atoms with Gasteiger partial charge in [-0.05, 0) is 11.6 Å². The molecule has 114 valence electrons. The summed E-state index contributed by atoms with van der Waals surface area (Å²) in [5.74, 6) is 2.00. The molecule has 1 fully saturated rings. The first-order chi connectivity index (χ1) is 10.0. The fraction of sp³-hybridized carbons (Fsp3) is 0.545. The number of fused-ring (bicyclic) bond motifs is 1. The zero-order chi connectivity index (χ0) is 15.0. The van der Waals surface area contributed by atoms with Crippen LogP contribution in [0.3, 0.4) is 0 Å². The molecule has 21 heavy (non-hydrogen) atoms. The average Bonchev–Trinajstić information content (AvgIpc) is 2.94. The molecule has 0 amide bonds. The highest BCUT2D eigenvalue weighted by atomic mass is 35.5. The topological polar surface area (TPSA) is 91.8 Å². The van der Waals surface area contributed by atoms with Crippen molar-refractivity contribution in [3.05, 3.63) is 11.5 Å². The van der Waals surface area contributed by atoms with Crippen LogP contribution in [0, 0.1) is 0 Å². The van der Waals surface area contributed by atoms with Crippen LogP contribution in [-0.4, -0.2) is 57.8 Å². The van der Waals surface area contributed by atoms with E-state index in [2.05, 4.69) is 20.2 Å². The van der Waals surface area contributed by atoms with Crippen molar-refractivity contribution < 1.29 is 8.42 Å². The Bertz CT molecular complexity index is 763. The summed E-state index contributed by atoms with van der Waals surface area (Å²) in [6.45, 7) is 2.26. The van der Waals surface area contributed by atoms with Gasteiger partial charge < -0.3 is 4.90 Å². The van der Waals surface area contributed by atoms with Gasteiger partial charge in [-0.2, -0.15) is 26.8 Å². The molecular weight excluding hydrogens is 334 g/mol. The number of hydrogen-bond acceptors (Lipinski definition) is 7. The lowest BCUT2D eigenvalue weighted by molar-refractivity contribution is 0.579. The van der Waals surface area contributed by atoms with Crippen LogP contribution in [0.1, 0.15) is 6.92 Å². The molecule has 3 rings (SSSR count). The molecule has 7 nitrogen and oxygen atoms in total. The van der Waals surface area contributed by atoms with E-state index >= 15 is 0 Å². The van der Waals surface area contributed by atoms with Crippen molar-refractivity contribution in [2.75, 3.05) is 28.7 Å². The highest BCUT2D eigenvalue weighted by molar-refractivity contribution is 8.01. The normalized spacial score (nSPS) is 20.1. The number of aromatic amines is 1. The summed E-state index contributed by atoms with van der Waals surface area (Å²) < 4.78 is 24.7. The predicted molar refractivity (Wildman–Crippen MR) is 84.6 cm³/mol. The lowest BCUT2D eigenvalue weighted by atomic mass is 10.3. The van der Waals surface area contributed by atoms with Crippen molar-refractivity contribution in [2.45, 2.75) is 12.3 Å². The molecule has 0 bridgehead atoms. The maximum atomic E-state index is 12.3. The molecule has 0 spiro atoms. The highest BCUT2D eigenvalue weighted by Gasteiger charge is 2.35. The minimum Gasteiger partial charge on any atom is -0.337 e. The Balaban J connectivity index is 2.12. The standard InChI is InChI=1S/C11H14ClN5O2S2/c1-2-21(18,19)8-6-20-4-3-17(8)10-7-5-13-16-9(7)14-11(12)15-10/h5,8H,2-4,6H2,1H3,(H,13,14,15,16). The fourth-order valence-electron chi connectivity index (χ4n) is 2.33. The Kier molecular flexibility index (Phi) is 3.98. The molecule has 0 aliphatic carbocycles. The average molecular weight is 348 g/mol. The van der Waals surface area contributed by atoms with Crippen LogP contribution in [0.15, 0.2) is 6.20 Å². The number of halogens is 1. The number of nitrogens with zero attached hydrogens (tertiary/aromatic N) is 4. The monoisotopic (exact) mass is 347 g/mol. The van der Waals surface area contributed by atoms with Crippen LogP contribution < -0.4 is 4.90 Å². The Labute approximate surface area is 131 Å². The Morgan fingerprint density at radius 1 is 1.52 bits per heavy atom. The first-order valence-corrected chi connectivity index (χ1v) is 9.70. The van der Waals surface area contributed by atoms with Crippen LogP contribution in [0.5, 0.6) is 0 Å². The summed E-state index contributed by atoms with van der Waals surface area (Å²) in [4.78, 5) is 10.1. The van der Waals surface area contributed by atoms with E-state index < -0.39 is 15.2 Å². The van der Waals surface area contributed by atoms with Gasteiger partial charge in [-0.1, -0.05) is 6.92 Å². The molecule has 1 aliphatic rings. The minimum atomic E-state index is -3.21. The van der Waals surface area contributed by atoms with Crippen molar-refractivity contribution in [1.82, 2.24) is 20.2 Å².